The Kier molecular flexibility index (Phi) is 7.35. The highest BCUT2D eigenvalue weighted by Gasteiger charge is 2.20. The molecule has 1 aliphatic rings. The number of rotatable bonds is 8. The standard InChI is InChI=1S/C21H27ClN2O3/c1-26-21-9-5-2-6-17(21)15-27-16-18(25)14-23-10-12-24(13-11-23)20-8-4-3-7-19(20)22/h2-9,18,25H,10-16H2,1H3. The molecular formula is C21H27ClN2O3. The third-order valence-electron chi connectivity index (χ3n) is 4.79. The van der Waals surface area contributed by atoms with Gasteiger partial charge in [-0.1, -0.05) is 41.9 Å². The smallest absolute Gasteiger partial charge is 0.124 e. The quantitative estimate of drug-likeness (QED) is 0.750. The first kappa shape index (κ1) is 20.0. The molecule has 6 heteroatoms. The van der Waals surface area contributed by atoms with Crippen LogP contribution in [0.5, 0.6) is 5.75 Å². The normalized spacial score (nSPS) is 16.3. The number of anilines is 1. The van der Waals surface area contributed by atoms with Crippen molar-refractivity contribution in [2.24, 2.45) is 0 Å². The molecule has 0 saturated carbocycles. The van der Waals surface area contributed by atoms with Crippen LogP contribution in [0.15, 0.2) is 48.5 Å². The summed E-state index contributed by atoms with van der Waals surface area (Å²) >= 11 is 6.29. The first-order chi connectivity index (χ1) is 13.2. The van der Waals surface area contributed by atoms with Crippen LogP contribution in [0.2, 0.25) is 5.02 Å². The SMILES string of the molecule is COc1ccccc1COCC(O)CN1CCN(c2ccccc2Cl)CC1. The molecule has 1 saturated heterocycles. The van der Waals surface area contributed by atoms with Gasteiger partial charge in [-0.2, -0.15) is 0 Å². The maximum Gasteiger partial charge on any atom is 0.124 e. The molecule has 27 heavy (non-hydrogen) atoms. The van der Waals surface area contributed by atoms with E-state index >= 15 is 0 Å². The Morgan fingerprint density at radius 1 is 1.04 bits per heavy atom. The first-order valence-corrected chi connectivity index (χ1v) is 9.64. The summed E-state index contributed by atoms with van der Waals surface area (Å²) in [4.78, 5) is 4.56. The van der Waals surface area contributed by atoms with Crippen LogP contribution < -0.4 is 9.64 Å². The van der Waals surface area contributed by atoms with E-state index in [1.165, 1.54) is 0 Å². The number of benzene rings is 2. The predicted molar refractivity (Wildman–Crippen MR) is 109 cm³/mol. The molecule has 0 aliphatic carbocycles. The number of hydrogen-bond donors (Lipinski definition) is 1. The van der Waals surface area contributed by atoms with Crippen molar-refractivity contribution in [1.29, 1.82) is 0 Å². The monoisotopic (exact) mass is 390 g/mol. The van der Waals surface area contributed by atoms with Crippen molar-refractivity contribution in [3.8, 4) is 5.75 Å². The molecule has 0 bridgehead atoms. The fourth-order valence-electron chi connectivity index (χ4n) is 3.36. The predicted octanol–water partition coefficient (Wildman–Crippen LogP) is 3.05. The molecule has 146 valence electrons. The van der Waals surface area contributed by atoms with Gasteiger partial charge in [0.25, 0.3) is 0 Å². The van der Waals surface area contributed by atoms with Crippen LogP contribution in [0.1, 0.15) is 5.56 Å². The zero-order valence-electron chi connectivity index (χ0n) is 15.7. The van der Waals surface area contributed by atoms with Crippen molar-refractivity contribution < 1.29 is 14.6 Å². The lowest BCUT2D eigenvalue weighted by Crippen LogP contribution is -2.49. The molecule has 0 radical (unpaired) electrons. The third-order valence-corrected chi connectivity index (χ3v) is 5.11. The molecule has 5 nitrogen and oxygen atoms in total. The summed E-state index contributed by atoms with van der Waals surface area (Å²) in [6, 6.07) is 15.7. The zero-order chi connectivity index (χ0) is 19.1. The van der Waals surface area contributed by atoms with E-state index in [1.54, 1.807) is 7.11 Å². The second kappa shape index (κ2) is 9.95. The average Bonchev–Trinajstić information content (AvgIpc) is 2.69. The highest BCUT2D eigenvalue weighted by atomic mass is 35.5. The minimum Gasteiger partial charge on any atom is -0.496 e. The molecule has 1 N–H and O–H groups in total. The van der Waals surface area contributed by atoms with Gasteiger partial charge >= 0.3 is 0 Å². The average molecular weight is 391 g/mol. The Morgan fingerprint density at radius 2 is 1.74 bits per heavy atom. The number of aliphatic hydroxyl groups excluding tert-OH is 1. The molecule has 1 fully saturated rings. The fraction of sp³-hybridized carbons (Fsp3) is 0.429. The minimum absolute atomic E-state index is 0.308. The van der Waals surface area contributed by atoms with E-state index in [-0.39, 0.29) is 0 Å². The number of aliphatic hydroxyl groups is 1. The molecule has 1 aliphatic heterocycles. The van der Waals surface area contributed by atoms with Gasteiger partial charge < -0.3 is 19.5 Å². The first-order valence-electron chi connectivity index (χ1n) is 9.27. The molecule has 0 spiro atoms. The van der Waals surface area contributed by atoms with Crippen molar-refractivity contribution in [1.82, 2.24) is 4.90 Å². The summed E-state index contributed by atoms with van der Waals surface area (Å²) in [6.07, 6.45) is -0.508. The molecule has 3 rings (SSSR count). The topological polar surface area (TPSA) is 45.2 Å². The zero-order valence-corrected chi connectivity index (χ0v) is 16.4. The lowest BCUT2D eigenvalue weighted by atomic mass is 10.2. The Balaban J connectivity index is 1.39. The molecule has 1 atom stereocenters. The van der Waals surface area contributed by atoms with Gasteiger partial charge in [-0.25, -0.2) is 0 Å². The van der Waals surface area contributed by atoms with E-state index in [1.807, 2.05) is 42.5 Å². The Morgan fingerprint density at radius 3 is 2.48 bits per heavy atom. The van der Waals surface area contributed by atoms with Crippen molar-refractivity contribution in [3.63, 3.8) is 0 Å². The van der Waals surface area contributed by atoms with Crippen LogP contribution in [0.25, 0.3) is 0 Å². The van der Waals surface area contributed by atoms with Crippen molar-refractivity contribution in [2.45, 2.75) is 12.7 Å². The van der Waals surface area contributed by atoms with E-state index in [0.717, 1.165) is 48.2 Å². The number of ether oxygens (including phenoxy) is 2. The van der Waals surface area contributed by atoms with Gasteiger partial charge in [-0.3, -0.25) is 4.90 Å². The lowest BCUT2D eigenvalue weighted by Gasteiger charge is -2.37. The molecule has 2 aromatic rings. The number of hydrogen-bond acceptors (Lipinski definition) is 5. The maximum absolute atomic E-state index is 10.3. The van der Waals surface area contributed by atoms with Gasteiger partial charge in [-0.15, -0.1) is 0 Å². The van der Waals surface area contributed by atoms with Crippen molar-refractivity contribution >= 4 is 17.3 Å². The summed E-state index contributed by atoms with van der Waals surface area (Å²) in [5.41, 5.74) is 2.07. The van der Waals surface area contributed by atoms with E-state index in [9.17, 15) is 5.11 Å². The Hall–Kier alpha value is -1.79. The Bertz CT molecular complexity index is 720. The number of nitrogens with zero attached hydrogens (tertiary/aromatic N) is 2. The summed E-state index contributed by atoms with van der Waals surface area (Å²) in [5, 5.41) is 11.1. The Labute approximate surface area is 166 Å². The van der Waals surface area contributed by atoms with Crippen molar-refractivity contribution in [2.75, 3.05) is 51.3 Å². The summed E-state index contributed by atoms with van der Waals surface area (Å²) < 4.78 is 11.0. The van der Waals surface area contributed by atoms with Gasteiger partial charge in [0.05, 0.1) is 37.1 Å². The van der Waals surface area contributed by atoms with E-state index in [2.05, 4.69) is 15.9 Å². The van der Waals surface area contributed by atoms with Crippen LogP contribution >= 0.6 is 11.6 Å². The van der Waals surface area contributed by atoms with E-state index in [0.29, 0.717) is 19.8 Å². The van der Waals surface area contributed by atoms with Crippen molar-refractivity contribution in [3.05, 3.63) is 59.1 Å². The van der Waals surface area contributed by atoms with Gasteiger partial charge in [0, 0.05) is 38.3 Å². The van der Waals surface area contributed by atoms with Gasteiger partial charge in [0.15, 0.2) is 0 Å². The molecular weight excluding hydrogens is 364 g/mol. The lowest BCUT2D eigenvalue weighted by molar-refractivity contribution is 0.00866. The van der Waals surface area contributed by atoms with Gasteiger partial charge in [0.1, 0.15) is 5.75 Å². The minimum atomic E-state index is -0.508. The molecule has 1 unspecified atom stereocenters. The van der Waals surface area contributed by atoms with Crippen LogP contribution in [-0.4, -0.2) is 62.6 Å². The summed E-state index contributed by atoms with van der Waals surface area (Å²) in [7, 11) is 1.65. The molecule has 1 heterocycles. The second-order valence-electron chi connectivity index (χ2n) is 6.72. The summed E-state index contributed by atoms with van der Waals surface area (Å²) in [5.74, 6) is 0.808. The summed E-state index contributed by atoms with van der Waals surface area (Å²) in [6.45, 7) is 4.95. The number of β-amino-alcohol motifs (C(OH)–C–C–N with tert-alkyl or cyclic N) is 1. The second-order valence-corrected chi connectivity index (χ2v) is 7.13. The van der Waals surface area contributed by atoms with Crippen LogP contribution in [0.3, 0.4) is 0 Å². The highest BCUT2D eigenvalue weighted by Crippen LogP contribution is 2.26. The molecule has 0 aromatic heterocycles. The third kappa shape index (κ3) is 5.59. The van der Waals surface area contributed by atoms with Gasteiger partial charge in [0.2, 0.25) is 0 Å². The number of halogens is 1. The fourth-order valence-corrected chi connectivity index (χ4v) is 3.61. The maximum atomic E-state index is 10.3. The molecule has 2 aromatic carbocycles. The molecule has 0 amide bonds. The largest absolute Gasteiger partial charge is 0.496 e. The van der Waals surface area contributed by atoms with Gasteiger partial charge in [-0.05, 0) is 18.2 Å². The van der Waals surface area contributed by atoms with Crippen LogP contribution in [-0.2, 0) is 11.3 Å². The number of methoxy groups -OCH3 is 1. The van der Waals surface area contributed by atoms with E-state index in [4.69, 9.17) is 21.1 Å². The highest BCUT2D eigenvalue weighted by molar-refractivity contribution is 6.33. The number of para-hydroxylation sites is 2. The van der Waals surface area contributed by atoms with Crippen LogP contribution in [0, 0.1) is 0 Å². The van der Waals surface area contributed by atoms with E-state index < -0.39 is 6.10 Å². The van der Waals surface area contributed by atoms with Crippen LogP contribution in [0.4, 0.5) is 5.69 Å². The number of piperazine rings is 1.